The number of benzene rings is 2. The molecule has 26 heavy (non-hydrogen) atoms. The van der Waals surface area contributed by atoms with Crippen LogP contribution in [0.2, 0.25) is 0 Å². The summed E-state index contributed by atoms with van der Waals surface area (Å²) in [5.74, 6) is 3.05. The molecule has 0 bridgehead atoms. The average Bonchev–Trinajstić information content (AvgIpc) is 2.59. The van der Waals surface area contributed by atoms with Gasteiger partial charge in [0.2, 0.25) is 0 Å². The Kier molecular flexibility index (Phi) is 4.62. The summed E-state index contributed by atoms with van der Waals surface area (Å²) in [6, 6.07) is 10.8. The van der Waals surface area contributed by atoms with E-state index >= 15 is 0 Å². The van der Waals surface area contributed by atoms with E-state index in [9.17, 15) is 13.2 Å². The van der Waals surface area contributed by atoms with Gasteiger partial charge >= 0.3 is 6.36 Å². The number of fused-ring (bicyclic) bond motifs is 2. The van der Waals surface area contributed by atoms with Crippen molar-refractivity contribution >= 4 is 10.8 Å². The highest BCUT2D eigenvalue weighted by Crippen LogP contribution is 2.47. The van der Waals surface area contributed by atoms with Gasteiger partial charge < -0.3 is 4.74 Å². The fraction of sp³-hybridized carbons (Fsp3) is 0.545. The van der Waals surface area contributed by atoms with Crippen LogP contribution in [-0.2, 0) is 0 Å². The Morgan fingerprint density at radius 1 is 0.846 bits per heavy atom. The molecule has 2 aromatic rings. The summed E-state index contributed by atoms with van der Waals surface area (Å²) in [5, 5.41) is 1.77. The summed E-state index contributed by atoms with van der Waals surface area (Å²) in [6.45, 7) is 2.38. The Labute approximate surface area is 152 Å². The second-order valence-corrected chi connectivity index (χ2v) is 8.26. The van der Waals surface area contributed by atoms with Crippen LogP contribution in [0.3, 0.4) is 0 Å². The van der Waals surface area contributed by atoms with Crippen molar-refractivity contribution in [2.24, 2.45) is 17.8 Å². The van der Waals surface area contributed by atoms with Crippen molar-refractivity contribution in [2.75, 3.05) is 0 Å². The number of hydrogen-bond acceptors (Lipinski definition) is 1. The van der Waals surface area contributed by atoms with Gasteiger partial charge in [0.1, 0.15) is 5.75 Å². The highest BCUT2D eigenvalue weighted by atomic mass is 19.4. The smallest absolute Gasteiger partial charge is 0.406 e. The van der Waals surface area contributed by atoms with Gasteiger partial charge in [-0.1, -0.05) is 37.6 Å². The van der Waals surface area contributed by atoms with Gasteiger partial charge in [-0.05, 0) is 84.2 Å². The molecule has 2 saturated carbocycles. The lowest BCUT2D eigenvalue weighted by atomic mass is 9.64. The first kappa shape index (κ1) is 17.7. The molecule has 0 amide bonds. The molecule has 2 aromatic carbocycles. The molecule has 2 aliphatic rings. The van der Waals surface area contributed by atoms with Gasteiger partial charge in [-0.3, -0.25) is 0 Å². The van der Waals surface area contributed by atoms with Gasteiger partial charge in [-0.25, -0.2) is 0 Å². The zero-order valence-electron chi connectivity index (χ0n) is 15.1. The Hall–Kier alpha value is -1.71. The molecular weight excluding hydrogens is 337 g/mol. The molecular formula is C22H25F3O. The van der Waals surface area contributed by atoms with Crippen molar-refractivity contribution < 1.29 is 17.9 Å². The Morgan fingerprint density at radius 2 is 1.54 bits per heavy atom. The number of hydrogen-bond donors (Lipinski definition) is 0. The van der Waals surface area contributed by atoms with Crippen molar-refractivity contribution in [3.05, 3.63) is 42.0 Å². The van der Waals surface area contributed by atoms with E-state index in [0.29, 0.717) is 5.92 Å². The Morgan fingerprint density at radius 3 is 2.35 bits per heavy atom. The van der Waals surface area contributed by atoms with Crippen molar-refractivity contribution in [3.8, 4) is 5.75 Å². The van der Waals surface area contributed by atoms with Gasteiger partial charge in [0, 0.05) is 0 Å². The number of ether oxygens (including phenoxy) is 1. The summed E-state index contributed by atoms with van der Waals surface area (Å²) < 4.78 is 41.2. The van der Waals surface area contributed by atoms with Crippen LogP contribution in [0.25, 0.3) is 10.8 Å². The second-order valence-electron chi connectivity index (χ2n) is 8.26. The van der Waals surface area contributed by atoms with E-state index in [-0.39, 0.29) is 5.75 Å². The first-order chi connectivity index (χ1) is 12.4. The van der Waals surface area contributed by atoms with Crippen LogP contribution in [0.1, 0.15) is 56.9 Å². The molecule has 0 radical (unpaired) electrons. The highest BCUT2D eigenvalue weighted by molar-refractivity contribution is 5.84. The molecule has 140 valence electrons. The van der Waals surface area contributed by atoms with Gasteiger partial charge in [-0.15, -0.1) is 13.2 Å². The van der Waals surface area contributed by atoms with Crippen molar-refractivity contribution in [1.82, 2.24) is 0 Å². The summed E-state index contributed by atoms with van der Waals surface area (Å²) in [6.07, 6.45) is 3.26. The highest BCUT2D eigenvalue weighted by Gasteiger charge is 2.35. The minimum absolute atomic E-state index is 0.158. The van der Waals surface area contributed by atoms with E-state index in [1.807, 2.05) is 6.07 Å². The average molecular weight is 362 g/mol. The SMILES string of the molecule is CC1CCC2CC(c3ccc4cc(OC(F)(F)F)ccc4c3)CCC2C1. The molecule has 0 aliphatic heterocycles. The molecule has 4 rings (SSSR count). The normalized spacial score (nSPS) is 29.4. The lowest BCUT2D eigenvalue weighted by Crippen LogP contribution is -2.29. The fourth-order valence-electron chi connectivity index (χ4n) is 5.12. The second kappa shape index (κ2) is 6.79. The molecule has 2 aliphatic carbocycles. The maximum Gasteiger partial charge on any atom is 0.573 e. The van der Waals surface area contributed by atoms with E-state index in [2.05, 4.69) is 23.8 Å². The van der Waals surface area contributed by atoms with Crippen LogP contribution >= 0.6 is 0 Å². The third-order valence-corrected chi connectivity index (χ3v) is 6.42. The van der Waals surface area contributed by atoms with Gasteiger partial charge in [0.05, 0.1) is 0 Å². The van der Waals surface area contributed by atoms with E-state index in [0.717, 1.165) is 28.5 Å². The van der Waals surface area contributed by atoms with E-state index < -0.39 is 6.36 Å². The van der Waals surface area contributed by atoms with Crippen LogP contribution < -0.4 is 4.74 Å². The molecule has 1 nitrogen and oxygen atoms in total. The van der Waals surface area contributed by atoms with Crippen LogP contribution in [0.4, 0.5) is 13.2 Å². The maximum absolute atomic E-state index is 12.4. The molecule has 4 heteroatoms. The third kappa shape index (κ3) is 3.84. The molecule has 4 unspecified atom stereocenters. The molecule has 4 atom stereocenters. The molecule has 2 fully saturated rings. The molecule has 0 saturated heterocycles. The minimum atomic E-state index is -4.65. The van der Waals surface area contributed by atoms with Crippen molar-refractivity contribution in [2.45, 2.75) is 57.7 Å². The topological polar surface area (TPSA) is 9.23 Å². The van der Waals surface area contributed by atoms with Crippen LogP contribution in [0.5, 0.6) is 5.75 Å². The summed E-state index contributed by atoms with van der Waals surface area (Å²) in [4.78, 5) is 0. The van der Waals surface area contributed by atoms with Crippen molar-refractivity contribution in [1.29, 1.82) is 0 Å². The lowest BCUT2D eigenvalue weighted by Gasteiger charge is -2.41. The lowest BCUT2D eigenvalue weighted by molar-refractivity contribution is -0.274. The van der Waals surface area contributed by atoms with Gasteiger partial charge in [0.15, 0.2) is 0 Å². The van der Waals surface area contributed by atoms with Crippen molar-refractivity contribution in [3.63, 3.8) is 0 Å². The largest absolute Gasteiger partial charge is 0.573 e. The van der Waals surface area contributed by atoms with Gasteiger partial charge in [-0.2, -0.15) is 0 Å². The molecule has 0 heterocycles. The van der Waals surface area contributed by atoms with Gasteiger partial charge in [0.25, 0.3) is 0 Å². The number of halogens is 3. The summed E-state index contributed by atoms with van der Waals surface area (Å²) in [5.41, 5.74) is 1.33. The Balaban J connectivity index is 1.51. The number of alkyl halides is 3. The number of rotatable bonds is 2. The van der Waals surface area contributed by atoms with E-state index in [1.54, 1.807) is 6.07 Å². The first-order valence-electron chi connectivity index (χ1n) is 9.67. The first-order valence-corrected chi connectivity index (χ1v) is 9.67. The van der Waals surface area contributed by atoms with Crippen LogP contribution in [0, 0.1) is 17.8 Å². The summed E-state index contributed by atoms with van der Waals surface area (Å²) in [7, 11) is 0. The zero-order valence-corrected chi connectivity index (χ0v) is 15.1. The predicted molar refractivity (Wildman–Crippen MR) is 97.2 cm³/mol. The third-order valence-electron chi connectivity index (χ3n) is 6.42. The van der Waals surface area contributed by atoms with Crippen LogP contribution in [-0.4, -0.2) is 6.36 Å². The van der Waals surface area contributed by atoms with E-state index in [4.69, 9.17) is 0 Å². The standard InChI is InChI=1S/C22H25F3O/c1-14-2-3-16-11-17(5-4-15(16)10-14)18-6-7-20-13-21(26-22(23,24)25)9-8-19(20)12-18/h6-9,12-17H,2-5,10-11H2,1H3. The maximum atomic E-state index is 12.4. The Bertz CT molecular complexity index is 783. The molecule has 0 aromatic heterocycles. The zero-order chi connectivity index (χ0) is 18.3. The molecule has 0 N–H and O–H groups in total. The van der Waals surface area contributed by atoms with E-state index in [1.165, 1.54) is 56.2 Å². The molecule has 0 spiro atoms. The minimum Gasteiger partial charge on any atom is -0.406 e. The monoisotopic (exact) mass is 362 g/mol. The summed E-state index contributed by atoms with van der Waals surface area (Å²) >= 11 is 0. The fourth-order valence-corrected chi connectivity index (χ4v) is 5.12. The van der Waals surface area contributed by atoms with Crippen LogP contribution in [0.15, 0.2) is 36.4 Å². The quantitative estimate of drug-likeness (QED) is 0.556. The predicted octanol–water partition coefficient (Wildman–Crippen LogP) is 7.06.